The number of carbonyl (C=O) groups excluding carboxylic acids is 1. The number of aliphatic hydroxyl groups is 1. The number of hydrogen-bond acceptors (Lipinski definition) is 6. The van der Waals surface area contributed by atoms with Crippen molar-refractivity contribution in [2.24, 2.45) is 0 Å². The Hall–Kier alpha value is -2.55. The van der Waals surface area contributed by atoms with Gasteiger partial charge in [-0.3, -0.25) is 9.59 Å². The molecular weight excluding hydrogens is 369 g/mol. The van der Waals surface area contributed by atoms with E-state index in [9.17, 15) is 14.7 Å². The van der Waals surface area contributed by atoms with Crippen LogP contribution in [0.3, 0.4) is 0 Å². The Bertz CT molecular complexity index is 988. The number of carbonyl (C=O) groups is 1. The van der Waals surface area contributed by atoms with E-state index in [0.717, 1.165) is 6.33 Å². The number of benzene rings is 1. The maximum atomic E-state index is 12.9. The maximum absolute atomic E-state index is 12.9. The molecule has 0 spiro atoms. The number of rotatable bonds is 4. The Morgan fingerprint density at radius 2 is 1.92 bits per heavy atom. The quantitative estimate of drug-likeness (QED) is 0.666. The Kier molecular flexibility index (Phi) is 4.93. The molecule has 25 heavy (non-hydrogen) atoms. The van der Waals surface area contributed by atoms with E-state index in [0.29, 0.717) is 16.6 Å². The molecule has 0 saturated carbocycles. The molecule has 0 unspecified atom stereocenters. The number of H-pyrrole nitrogens is 1. The fourth-order valence-electron chi connectivity index (χ4n) is 2.33. The number of fused-ring (bicyclic) bond motifs is 1. The number of aromatic amines is 1. The maximum Gasteiger partial charge on any atom is 0.264 e. The third-order valence-electron chi connectivity index (χ3n) is 3.47. The van der Waals surface area contributed by atoms with Gasteiger partial charge in [0.2, 0.25) is 0 Å². The Morgan fingerprint density at radius 3 is 2.60 bits per heavy atom. The highest BCUT2D eigenvalue weighted by Gasteiger charge is 2.24. The lowest BCUT2D eigenvalue weighted by molar-refractivity contribution is 0.0980. The molecule has 0 aliphatic rings. The predicted octanol–water partition coefficient (Wildman–Crippen LogP) is 1.66. The fourth-order valence-corrected chi connectivity index (χ4v) is 2.80. The predicted molar refractivity (Wildman–Crippen MR) is 93.2 cm³/mol. The van der Waals surface area contributed by atoms with Gasteiger partial charge in [0, 0.05) is 12.2 Å². The molecule has 2 aromatic heterocycles. The van der Waals surface area contributed by atoms with Crippen LogP contribution in [0, 0.1) is 0 Å². The van der Waals surface area contributed by atoms with E-state index in [2.05, 4.69) is 19.9 Å². The van der Waals surface area contributed by atoms with Crippen LogP contribution >= 0.6 is 23.2 Å². The van der Waals surface area contributed by atoms with E-state index in [1.165, 1.54) is 17.3 Å². The highest BCUT2D eigenvalue weighted by atomic mass is 35.5. The first kappa shape index (κ1) is 17.3. The van der Waals surface area contributed by atoms with E-state index in [1.807, 2.05) is 0 Å². The van der Waals surface area contributed by atoms with Gasteiger partial charge in [-0.2, -0.15) is 0 Å². The molecule has 0 atom stereocenters. The van der Waals surface area contributed by atoms with Crippen LogP contribution in [0.1, 0.15) is 10.4 Å². The number of nitrogens with zero attached hydrogens (tertiary/aromatic N) is 4. The fraction of sp³-hybridized carbons (Fsp3) is 0.133. The minimum absolute atomic E-state index is 0.0376. The summed E-state index contributed by atoms with van der Waals surface area (Å²) >= 11 is 11.9. The SMILES string of the molecule is O=C(c1c(Cl)ncnc1Cl)N(CCO)c1ccc2nc[nH]c(=O)c2c1. The van der Waals surface area contributed by atoms with Gasteiger partial charge >= 0.3 is 0 Å². The Labute approximate surface area is 151 Å². The van der Waals surface area contributed by atoms with Crippen molar-refractivity contribution in [2.45, 2.75) is 0 Å². The average molecular weight is 380 g/mol. The first-order chi connectivity index (χ1) is 12.0. The van der Waals surface area contributed by atoms with Crippen LogP contribution in [0.25, 0.3) is 10.9 Å². The van der Waals surface area contributed by atoms with Gasteiger partial charge in [0.15, 0.2) is 0 Å². The minimum atomic E-state index is -0.593. The van der Waals surface area contributed by atoms with Crippen LogP contribution in [-0.2, 0) is 0 Å². The summed E-state index contributed by atoms with van der Waals surface area (Å²) in [6.45, 7) is -0.347. The normalized spacial score (nSPS) is 10.8. The first-order valence-corrected chi connectivity index (χ1v) is 7.84. The molecule has 0 bridgehead atoms. The summed E-state index contributed by atoms with van der Waals surface area (Å²) in [4.78, 5) is 40.1. The second-order valence-electron chi connectivity index (χ2n) is 4.94. The second kappa shape index (κ2) is 7.14. The zero-order valence-electron chi connectivity index (χ0n) is 12.6. The van der Waals surface area contributed by atoms with Gasteiger partial charge in [-0.1, -0.05) is 23.2 Å². The van der Waals surface area contributed by atoms with E-state index < -0.39 is 5.91 Å². The number of halogens is 2. The number of nitrogens with one attached hydrogen (secondary N) is 1. The largest absolute Gasteiger partial charge is 0.395 e. The van der Waals surface area contributed by atoms with Gasteiger partial charge in [-0.25, -0.2) is 15.0 Å². The van der Waals surface area contributed by atoms with E-state index in [-0.39, 0.29) is 34.6 Å². The average Bonchev–Trinajstić information content (AvgIpc) is 2.59. The summed E-state index contributed by atoms with van der Waals surface area (Å²) in [5, 5.41) is 9.42. The number of aromatic nitrogens is 4. The van der Waals surface area contributed by atoms with Gasteiger partial charge in [0.05, 0.1) is 23.8 Å². The standard InChI is InChI=1S/C15H11Cl2N5O3/c16-12-11(13(17)20-7-19-12)15(25)22(3-4-23)8-1-2-10-9(5-8)14(24)21-6-18-10/h1-2,5-7,23H,3-4H2,(H,18,21,24). The van der Waals surface area contributed by atoms with Crippen molar-refractivity contribution in [3.8, 4) is 0 Å². The molecule has 0 saturated heterocycles. The molecule has 0 aliphatic carbocycles. The van der Waals surface area contributed by atoms with Crippen LogP contribution in [0.15, 0.2) is 35.6 Å². The van der Waals surface area contributed by atoms with Crippen molar-refractivity contribution >= 4 is 45.7 Å². The smallest absolute Gasteiger partial charge is 0.264 e. The lowest BCUT2D eigenvalue weighted by Crippen LogP contribution is -2.34. The molecule has 1 amide bonds. The summed E-state index contributed by atoms with van der Waals surface area (Å²) in [5.41, 5.74) is 0.422. The lowest BCUT2D eigenvalue weighted by atomic mass is 10.2. The molecule has 0 fully saturated rings. The zero-order valence-corrected chi connectivity index (χ0v) is 14.1. The summed E-state index contributed by atoms with van der Waals surface area (Å²) < 4.78 is 0. The first-order valence-electron chi connectivity index (χ1n) is 7.09. The second-order valence-corrected chi connectivity index (χ2v) is 5.66. The van der Waals surface area contributed by atoms with Gasteiger partial charge in [0.25, 0.3) is 11.5 Å². The molecular formula is C15H11Cl2N5O3. The number of hydrogen-bond donors (Lipinski definition) is 2. The topological polar surface area (TPSA) is 112 Å². The van der Waals surface area contributed by atoms with Crippen LogP contribution in [-0.4, -0.2) is 44.1 Å². The van der Waals surface area contributed by atoms with Gasteiger partial charge < -0.3 is 15.0 Å². The molecule has 0 radical (unpaired) electrons. The molecule has 3 aromatic rings. The van der Waals surface area contributed by atoms with Crippen LogP contribution < -0.4 is 10.5 Å². The lowest BCUT2D eigenvalue weighted by Gasteiger charge is -2.22. The molecule has 8 nitrogen and oxygen atoms in total. The molecule has 1 aromatic carbocycles. The van der Waals surface area contributed by atoms with Crippen molar-refractivity contribution in [1.29, 1.82) is 0 Å². The van der Waals surface area contributed by atoms with Crippen LogP contribution in [0.2, 0.25) is 10.3 Å². The van der Waals surface area contributed by atoms with Crippen molar-refractivity contribution in [3.05, 3.63) is 57.1 Å². The third kappa shape index (κ3) is 3.32. The van der Waals surface area contributed by atoms with Crippen molar-refractivity contribution in [2.75, 3.05) is 18.1 Å². The molecule has 128 valence electrons. The van der Waals surface area contributed by atoms with E-state index >= 15 is 0 Å². The van der Waals surface area contributed by atoms with E-state index in [4.69, 9.17) is 23.2 Å². The van der Waals surface area contributed by atoms with Crippen molar-refractivity contribution in [1.82, 2.24) is 19.9 Å². The number of anilines is 1. The molecule has 2 N–H and O–H groups in total. The minimum Gasteiger partial charge on any atom is -0.395 e. The summed E-state index contributed by atoms with van der Waals surface area (Å²) in [6.07, 6.45) is 2.43. The van der Waals surface area contributed by atoms with E-state index in [1.54, 1.807) is 12.1 Å². The monoisotopic (exact) mass is 379 g/mol. The summed E-state index contributed by atoms with van der Waals surface area (Å²) in [5.74, 6) is -0.593. The van der Waals surface area contributed by atoms with Crippen LogP contribution in [0.4, 0.5) is 5.69 Å². The molecule has 2 heterocycles. The highest BCUT2D eigenvalue weighted by Crippen LogP contribution is 2.26. The highest BCUT2D eigenvalue weighted by molar-refractivity contribution is 6.39. The number of aliphatic hydroxyl groups excluding tert-OH is 1. The van der Waals surface area contributed by atoms with Crippen LogP contribution in [0.5, 0.6) is 0 Å². The van der Waals surface area contributed by atoms with Gasteiger partial charge in [-0.05, 0) is 18.2 Å². The molecule has 3 rings (SSSR count). The van der Waals surface area contributed by atoms with Gasteiger partial charge in [0.1, 0.15) is 22.2 Å². The van der Waals surface area contributed by atoms with Crippen molar-refractivity contribution in [3.63, 3.8) is 0 Å². The Morgan fingerprint density at radius 1 is 1.20 bits per heavy atom. The molecule has 10 heteroatoms. The summed E-state index contributed by atoms with van der Waals surface area (Å²) in [7, 11) is 0. The third-order valence-corrected chi connectivity index (χ3v) is 4.05. The van der Waals surface area contributed by atoms with Gasteiger partial charge in [-0.15, -0.1) is 0 Å². The molecule has 0 aliphatic heterocycles. The summed E-state index contributed by atoms with van der Waals surface area (Å²) in [6, 6.07) is 4.70. The zero-order chi connectivity index (χ0) is 18.0. The number of amides is 1. The van der Waals surface area contributed by atoms with Crippen molar-refractivity contribution < 1.29 is 9.90 Å². The Balaban J connectivity index is 2.11.